The van der Waals surface area contributed by atoms with Crippen molar-refractivity contribution in [3.8, 4) is 11.5 Å². The fourth-order valence-corrected chi connectivity index (χ4v) is 2.03. The van der Waals surface area contributed by atoms with Gasteiger partial charge in [-0.25, -0.2) is 0 Å². The summed E-state index contributed by atoms with van der Waals surface area (Å²) in [6.45, 7) is -1.40. The van der Waals surface area contributed by atoms with E-state index < -0.39 is 24.7 Å². The topological polar surface area (TPSA) is 73.6 Å². The van der Waals surface area contributed by atoms with Gasteiger partial charge in [-0.05, 0) is 17.7 Å². The molecule has 1 heterocycles. The predicted octanol–water partition coefficient (Wildman–Crippen LogP) is 1.75. The van der Waals surface area contributed by atoms with E-state index in [9.17, 15) is 18.0 Å². The zero-order valence-corrected chi connectivity index (χ0v) is 10.7. The van der Waals surface area contributed by atoms with Crippen molar-refractivity contribution >= 4 is 17.5 Å². The third-order valence-corrected chi connectivity index (χ3v) is 2.85. The molecule has 0 saturated heterocycles. The molecule has 1 unspecified atom stereocenters. The lowest BCUT2D eigenvalue weighted by molar-refractivity contribution is -0.130. The van der Waals surface area contributed by atoms with E-state index in [4.69, 9.17) is 26.8 Å². The summed E-state index contributed by atoms with van der Waals surface area (Å²) in [6.07, 6.45) is -4.46. The molecule has 1 aliphatic heterocycles. The van der Waals surface area contributed by atoms with Crippen LogP contribution in [0.5, 0.6) is 11.5 Å². The molecule has 3 N–H and O–H groups in total. The molecule has 1 amide bonds. The highest BCUT2D eigenvalue weighted by Crippen LogP contribution is 2.41. The Morgan fingerprint density at radius 3 is 2.75 bits per heavy atom. The Kier molecular flexibility index (Phi) is 3.96. The number of alkyl halides is 3. The van der Waals surface area contributed by atoms with Crippen LogP contribution in [0.3, 0.4) is 0 Å². The molecule has 0 aliphatic carbocycles. The van der Waals surface area contributed by atoms with E-state index in [1.165, 1.54) is 12.1 Å². The number of hydrogen-bond acceptors (Lipinski definition) is 4. The van der Waals surface area contributed by atoms with Crippen molar-refractivity contribution in [3.05, 3.63) is 22.7 Å². The van der Waals surface area contributed by atoms with Crippen LogP contribution in [-0.2, 0) is 4.79 Å². The van der Waals surface area contributed by atoms with Crippen LogP contribution < -0.4 is 20.5 Å². The molecule has 1 aliphatic rings. The van der Waals surface area contributed by atoms with Gasteiger partial charge in [-0.15, -0.1) is 0 Å². The van der Waals surface area contributed by atoms with E-state index in [1.807, 2.05) is 5.32 Å². The van der Waals surface area contributed by atoms with Crippen LogP contribution in [-0.4, -0.2) is 25.4 Å². The molecular weight excluding hydrogens is 301 g/mol. The lowest BCUT2D eigenvalue weighted by Gasteiger charge is -2.17. The highest BCUT2D eigenvalue weighted by Gasteiger charge is 2.31. The SMILES string of the molecule is NC(=O)C(NCC(F)(F)F)c1cc(Cl)c2c(c1)OCO2. The number of carbonyl (C=O) groups is 1. The van der Waals surface area contributed by atoms with Crippen molar-refractivity contribution in [1.29, 1.82) is 0 Å². The molecule has 9 heteroatoms. The molecule has 5 nitrogen and oxygen atoms in total. The molecule has 0 spiro atoms. The van der Waals surface area contributed by atoms with Crippen molar-refractivity contribution in [2.45, 2.75) is 12.2 Å². The molecule has 0 bridgehead atoms. The minimum Gasteiger partial charge on any atom is -0.454 e. The minimum absolute atomic E-state index is 0.0459. The van der Waals surface area contributed by atoms with Gasteiger partial charge in [-0.1, -0.05) is 11.6 Å². The third kappa shape index (κ3) is 3.26. The predicted molar refractivity (Wildman–Crippen MR) is 63.6 cm³/mol. The summed E-state index contributed by atoms with van der Waals surface area (Å²) in [4.78, 5) is 11.3. The molecule has 1 aromatic carbocycles. The lowest BCUT2D eigenvalue weighted by atomic mass is 10.1. The van der Waals surface area contributed by atoms with Crippen molar-refractivity contribution < 1.29 is 27.4 Å². The summed E-state index contributed by atoms with van der Waals surface area (Å²) in [6, 6.07) is 1.35. The zero-order valence-electron chi connectivity index (χ0n) is 9.96. The third-order valence-electron chi connectivity index (χ3n) is 2.57. The highest BCUT2D eigenvalue weighted by molar-refractivity contribution is 6.32. The van der Waals surface area contributed by atoms with Crippen molar-refractivity contribution in [2.24, 2.45) is 5.73 Å². The standard InChI is InChI=1S/C11H10ClF3N2O3/c12-6-1-5(2-7-9(6)20-4-19-7)8(10(16)18)17-3-11(13,14)15/h1-2,8,17H,3-4H2,(H2,16,18). The number of rotatable bonds is 4. The number of carbonyl (C=O) groups excluding carboxylic acids is 1. The Hall–Kier alpha value is -1.67. The summed E-state index contributed by atoms with van der Waals surface area (Å²) in [7, 11) is 0. The number of nitrogens with two attached hydrogens (primary N) is 1. The Morgan fingerprint density at radius 2 is 2.15 bits per heavy atom. The second-order valence-electron chi connectivity index (χ2n) is 4.07. The number of primary amides is 1. The number of hydrogen-bond donors (Lipinski definition) is 2. The molecular formula is C11H10ClF3N2O3. The number of fused-ring (bicyclic) bond motifs is 1. The van der Waals surface area contributed by atoms with Crippen LogP contribution >= 0.6 is 11.6 Å². The van der Waals surface area contributed by atoms with Gasteiger partial charge in [-0.2, -0.15) is 13.2 Å². The molecule has 0 fully saturated rings. The normalized spacial score (nSPS) is 15.2. The van der Waals surface area contributed by atoms with Crippen molar-refractivity contribution in [2.75, 3.05) is 13.3 Å². The fourth-order valence-electron chi connectivity index (χ4n) is 1.75. The van der Waals surface area contributed by atoms with E-state index in [0.29, 0.717) is 0 Å². The fraction of sp³-hybridized carbons (Fsp3) is 0.364. The molecule has 20 heavy (non-hydrogen) atoms. The van der Waals surface area contributed by atoms with Crippen LogP contribution in [0.1, 0.15) is 11.6 Å². The van der Waals surface area contributed by atoms with Gasteiger partial charge < -0.3 is 15.2 Å². The van der Waals surface area contributed by atoms with Crippen LogP contribution in [0, 0.1) is 0 Å². The average Bonchev–Trinajstić information content (AvgIpc) is 2.75. The summed E-state index contributed by atoms with van der Waals surface area (Å²) >= 11 is 5.91. The van der Waals surface area contributed by atoms with E-state index in [-0.39, 0.29) is 28.9 Å². The Labute approximate surface area is 116 Å². The molecule has 2 rings (SSSR count). The Bertz CT molecular complexity index is 536. The van der Waals surface area contributed by atoms with E-state index >= 15 is 0 Å². The monoisotopic (exact) mass is 310 g/mol. The van der Waals surface area contributed by atoms with Crippen molar-refractivity contribution in [1.82, 2.24) is 5.32 Å². The molecule has 110 valence electrons. The first-order valence-corrected chi connectivity index (χ1v) is 5.84. The van der Waals surface area contributed by atoms with Gasteiger partial charge in [0, 0.05) is 0 Å². The van der Waals surface area contributed by atoms with Crippen LogP contribution in [0.2, 0.25) is 5.02 Å². The van der Waals surface area contributed by atoms with E-state index in [1.54, 1.807) is 0 Å². The van der Waals surface area contributed by atoms with Gasteiger partial charge in [-0.3, -0.25) is 10.1 Å². The van der Waals surface area contributed by atoms with Gasteiger partial charge in [0.25, 0.3) is 0 Å². The lowest BCUT2D eigenvalue weighted by Crippen LogP contribution is -2.39. The second kappa shape index (κ2) is 5.37. The molecule has 1 atom stereocenters. The Morgan fingerprint density at radius 1 is 1.45 bits per heavy atom. The molecule has 1 aromatic rings. The Balaban J connectivity index is 2.26. The second-order valence-corrected chi connectivity index (χ2v) is 4.48. The quantitative estimate of drug-likeness (QED) is 0.888. The summed E-state index contributed by atoms with van der Waals surface area (Å²) in [5.41, 5.74) is 5.29. The maximum absolute atomic E-state index is 12.2. The minimum atomic E-state index is -4.46. The van der Waals surface area contributed by atoms with Crippen LogP contribution in [0.4, 0.5) is 13.2 Å². The first kappa shape index (κ1) is 14.7. The largest absolute Gasteiger partial charge is 0.454 e. The van der Waals surface area contributed by atoms with E-state index in [2.05, 4.69) is 0 Å². The number of nitrogens with one attached hydrogen (secondary N) is 1. The molecule has 0 radical (unpaired) electrons. The van der Waals surface area contributed by atoms with E-state index in [0.717, 1.165) is 0 Å². The molecule has 0 saturated carbocycles. The number of halogens is 4. The highest BCUT2D eigenvalue weighted by atomic mass is 35.5. The first-order chi connectivity index (χ1) is 9.28. The van der Waals surface area contributed by atoms with Gasteiger partial charge in [0.2, 0.25) is 12.7 Å². The smallest absolute Gasteiger partial charge is 0.401 e. The summed E-state index contributed by atoms with van der Waals surface area (Å²) in [5, 5.41) is 2.17. The first-order valence-electron chi connectivity index (χ1n) is 5.46. The van der Waals surface area contributed by atoms with Gasteiger partial charge in [0.15, 0.2) is 11.5 Å². The van der Waals surface area contributed by atoms with Gasteiger partial charge in [0.05, 0.1) is 11.6 Å². The van der Waals surface area contributed by atoms with Gasteiger partial charge in [0.1, 0.15) is 6.04 Å². The van der Waals surface area contributed by atoms with Gasteiger partial charge >= 0.3 is 6.18 Å². The number of benzene rings is 1. The molecule has 0 aromatic heterocycles. The summed E-state index contributed by atoms with van der Waals surface area (Å²) in [5.74, 6) is -0.411. The maximum Gasteiger partial charge on any atom is 0.401 e. The zero-order chi connectivity index (χ0) is 14.9. The van der Waals surface area contributed by atoms with Crippen LogP contribution in [0.25, 0.3) is 0 Å². The van der Waals surface area contributed by atoms with Crippen molar-refractivity contribution in [3.63, 3.8) is 0 Å². The maximum atomic E-state index is 12.2. The average molecular weight is 311 g/mol. The number of ether oxygens (including phenoxy) is 2. The number of amides is 1. The summed E-state index contributed by atoms with van der Waals surface area (Å²) < 4.78 is 46.8. The van der Waals surface area contributed by atoms with Crippen LogP contribution in [0.15, 0.2) is 12.1 Å².